The van der Waals surface area contributed by atoms with E-state index in [2.05, 4.69) is 27.8 Å². The number of hydrogen-bond donors (Lipinski definition) is 3. The maximum absolute atomic E-state index is 15.2. The molecule has 2 aromatic carbocycles. The Morgan fingerprint density at radius 1 is 0.842 bits per heavy atom. The molecule has 4 aliphatic rings. The Morgan fingerprint density at radius 2 is 1.39 bits per heavy atom. The summed E-state index contributed by atoms with van der Waals surface area (Å²) >= 11 is 0.918. The van der Waals surface area contributed by atoms with Crippen LogP contribution in [0.5, 0.6) is 0 Å². The zero-order chi connectivity index (χ0) is 40.9. The van der Waals surface area contributed by atoms with Crippen LogP contribution in [0.15, 0.2) is 31.3 Å². The molecule has 5 unspecified atom stereocenters. The summed E-state index contributed by atoms with van der Waals surface area (Å²) in [4.78, 5) is 56.5. The minimum absolute atomic E-state index is 0.0630. The van der Waals surface area contributed by atoms with E-state index >= 15 is 8.78 Å². The van der Waals surface area contributed by atoms with Crippen molar-refractivity contribution in [2.75, 3.05) is 56.6 Å². The molecule has 4 heterocycles. The van der Waals surface area contributed by atoms with Gasteiger partial charge in [0.2, 0.25) is 0 Å². The van der Waals surface area contributed by atoms with Gasteiger partial charge in [0.05, 0.1) is 28.6 Å². The molecule has 2 saturated heterocycles. The predicted molar refractivity (Wildman–Crippen MR) is 218 cm³/mol. The van der Waals surface area contributed by atoms with Crippen LogP contribution in [-0.2, 0) is 0 Å². The van der Waals surface area contributed by atoms with E-state index in [-0.39, 0.29) is 52.3 Å². The minimum Gasteiger partial charge on any atom is -0.369 e. The number of H-pyrrole nitrogens is 1. The van der Waals surface area contributed by atoms with Crippen molar-refractivity contribution in [2.45, 2.75) is 76.9 Å². The van der Waals surface area contributed by atoms with E-state index in [9.17, 15) is 24.4 Å². The number of halogens is 2. The van der Waals surface area contributed by atoms with Crippen LogP contribution in [0.25, 0.3) is 21.8 Å². The van der Waals surface area contributed by atoms with Crippen LogP contribution in [0.1, 0.15) is 68.2 Å². The molecule has 0 amide bonds. The number of hydrogen-bond acceptors (Lipinski definition) is 10. The predicted octanol–water partition coefficient (Wildman–Crippen LogP) is 2.33. The van der Waals surface area contributed by atoms with Crippen LogP contribution in [0.2, 0.25) is 0 Å². The van der Waals surface area contributed by atoms with Crippen LogP contribution in [0.3, 0.4) is 0 Å². The van der Waals surface area contributed by atoms with E-state index in [1.165, 1.54) is 12.1 Å². The average molecular weight is 847 g/mol. The second kappa shape index (κ2) is 16.2. The first-order valence-corrected chi connectivity index (χ1v) is 20.7. The molecule has 57 heavy (non-hydrogen) atoms. The summed E-state index contributed by atoms with van der Waals surface area (Å²) in [5.41, 5.74) is 1.55. The number of nitrogens with one attached hydrogen (secondary N) is 3. The van der Waals surface area contributed by atoms with Gasteiger partial charge in [0.15, 0.2) is 0 Å². The summed E-state index contributed by atoms with van der Waals surface area (Å²) in [6, 6.07) is 7.32. The number of aromatic nitrogens is 4. The molecule has 8 rings (SSSR count). The largest absolute Gasteiger partial charge is 0.369 e. The molecule has 14 nitrogen and oxygen atoms in total. The van der Waals surface area contributed by atoms with Crippen molar-refractivity contribution in [2.24, 2.45) is 17.8 Å². The Kier molecular flexibility index (Phi) is 11.5. The fraction of sp³-hybridized carbons (Fsp3) is 0.550. The van der Waals surface area contributed by atoms with Crippen LogP contribution in [0.4, 0.5) is 20.2 Å². The number of nitriles is 2. The summed E-state index contributed by atoms with van der Waals surface area (Å²) in [7, 11) is 3.66. The molecule has 0 spiro atoms. The van der Waals surface area contributed by atoms with Crippen LogP contribution in [0, 0.1) is 65.9 Å². The van der Waals surface area contributed by atoms with Gasteiger partial charge in [0.25, 0.3) is 5.56 Å². The van der Waals surface area contributed by atoms with Gasteiger partial charge >= 0.3 is 177 Å². The van der Waals surface area contributed by atoms with Crippen LogP contribution < -0.4 is 42.9 Å². The standard InChI is InChI=1S/C20H25AsFN5O2.C20H24FN5O2/c1-11-17-14(19(28)27(21)20(29)26(17)13-3-4-13)9-15(22)18(11)25-8-6-12(10-25)16(24-2)5-7-23;1-11-17-15(19(27)24-20(28)26(17)14-3-4-14)7-16(21)18(11)25-6-5-12(10-25)13(8-22)9-23-2/h9,12-13,16,24H,3-6,8,10,21H2,1-2H3;7,12-14,23H,3-6,9-10H2,1-2H3,(H,24,27,28). The topological polar surface area (TPSA) is 177 Å². The zero-order valence-corrected chi connectivity index (χ0v) is 35.1. The first kappa shape index (κ1) is 40.4. The number of aryl methyl sites for hydroxylation is 2. The third-order valence-corrected chi connectivity index (χ3v) is 13.2. The fourth-order valence-corrected chi connectivity index (χ4v) is 9.68. The Balaban J connectivity index is 0.000000174. The van der Waals surface area contributed by atoms with Gasteiger partial charge in [-0.15, -0.1) is 0 Å². The molecular weight excluding hydrogens is 797 g/mol. The number of nitrogens with zero attached hydrogens (tertiary/aromatic N) is 7. The number of fused-ring (bicyclic) bond motifs is 2. The quantitative estimate of drug-likeness (QED) is 0.201. The molecular formula is C40H49AsF2N10O4. The molecule has 0 bridgehead atoms. The molecule has 4 fully saturated rings. The van der Waals surface area contributed by atoms with E-state index in [1.807, 2.05) is 30.8 Å². The van der Waals surface area contributed by atoms with E-state index in [4.69, 9.17) is 5.26 Å². The SMILES string of the molecule is CNC(CC#N)C1CCN(c2c(F)cc3c(=O)n([AsH2])c(=O)n(C4CC4)c3c2C)C1.CNCC(C#N)C1CCN(c2c(F)cc3c(=O)[nH]c(=O)n(C4CC4)c3c2C)C1. The molecule has 2 aliphatic heterocycles. The van der Waals surface area contributed by atoms with Crippen LogP contribution >= 0.6 is 0 Å². The number of aromatic amines is 1. The van der Waals surface area contributed by atoms with Gasteiger partial charge in [-0.2, -0.15) is 10.5 Å². The van der Waals surface area contributed by atoms with Crippen molar-refractivity contribution in [1.82, 2.24) is 28.2 Å². The molecule has 302 valence electrons. The molecule has 2 saturated carbocycles. The molecule has 4 aromatic rings. The number of anilines is 2. The van der Waals surface area contributed by atoms with E-state index < -0.39 is 28.4 Å². The van der Waals surface area contributed by atoms with Gasteiger partial charge in [0.1, 0.15) is 5.82 Å². The summed E-state index contributed by atoms with van der Waals surface area (Å²) in [5.74, 6) is -0.629. The Bertz CT molecular complexity index is 2560. The van der Waals surface area contributed by atoms with Gasteiger partial charge in [-0.05, 0) is 45.2 Å². The fourth-order valence-electron chi connectivity index (χ4n) is 9.13. The third-order valence-electron chi connectivity index (χ3n) is 12.3. The Hall–Kier alpha value is -4.76. The second-order valence-electron chi connectivity index (χ2n) is 15.9. The van der Waals surface area contributed by atoms with Gasteiger partial charge in [-0.1, -0.05) is 0 Å². The molecule has 0 radical (unpaired) electrons. The molecule has 17 heteroatoms. The maximum atomic E-state index is 15.2. The first-order chi connectivity index (χ1) is 27.3. The van der Waals surface area contributed by atoms with Crippen molar-refractivity contribution in [3.8, 4) is 12.1 Å². The van der Waals surface area contributed by atoms with E-state index in [0.717, 1.165) is 59.1 Å². The third kappa shape index (κ3) is 7.44. The first-order valence-electron chi connectivity index (χ1n) is 19.7. The summed E-state index contributed by atoms with van der Waals surface area (Å²) in [6.45, 7) is 6.73. The van der Waals surface area contributed by atoms with Gasteiger partial charge in [-0.25, -0.2) is 9.18 Å². The van der Waals surface area contributed by atoms with Crippen molar-refractivity contribution in [3.63, 3.8) is 0 Å². The van der Waals surface area contributed by atoms with Crippen molar-refractivity contribution in [3.05, 3.63) is 76.6 Å². The normalized spacial score (nSPS) is 20.4. The summed E-state index contributed by atoms with van der Waals surface area (Å²) in [6.07, 6.45) is 5.64. The summed E-state index contributed by atoms with van der Waals surface area (Å²) in [5, 5.41) is 25.2. The Morgan fingerprint density at radius 3 is 1.93 bits per heavy atom. The van der Waals surface area contributed by atoms with Gasteiger partial charge in [-0.3, -0.25) is 14.3 Å². The van der Waals surface area contributed by atoms with Crippen molar-refractivity contribution >= 4 is 50.3 Å². The molecule has 2 aliphatic carbocycles. The zero-order valence-electron chi connectivity index (χ0n) is 32.7. The van der Waals surface area contributed by atoms with Gasteiger partial charge in [0, 0.05) is 31.2 Å². The smallest absolute Gasteiger partial charge is 0.329 e. The number of benzene rings is 2. The maximum Gasteiger partial charge on any atom is 0.329 e. The molecule has 3 N–H and O–H groups in total. The second-order valence-corrected chi connectivity index (χ2v) is 17.0. The average Bonchev–Trinajstić information content (AvgIpc) is 4.11. The van der Waals surface area contributed by atoms with Crippen LogP contribution in [-0.4, -0.2) is 87.5 Å². The van der Waals surface area contributed by atoms with Crippen molar-refractivity contribution < 1.29 is 8.78 Å². The molecule has 5 atom stereocenters. The monoisotopic (exact) mass is 846 g/mol. The summed E-state index contributed by atoms with van der Waals surface area (Å²) < 4.78 is 34.7. The van der Waals surface area contributed by atoms with Gasteiger partial charge < -0.3 is 10.2 Å². The van der Waals surface area contributed by atoms with E-state index in [1.54, 1.807) is 16.1 Å². The molecule has 2 aromatic heterocycles. The van der Waals surface area contributed by atoms with E-state index in [0.29, 0.717) is 72.7 Å². The minimum atomic E-state index is -0.552. The Labute approximate surface area is 336 Å². The number of rotatable bonds is 10. The van der Waals surface area contributed by atoms with Crippen molar-refractivity contribution in [1.29, 1.82) is 10.5 Å².